The Labute approximate surface area is 123 Å². The molecule has 2 rings (SSSR count). The average molecular weight is 289 g/mol. The SMILES string of the molecule is COC(=O)N1CCC(Nc2nnc(C)c(C)c2C#N)CC1. The molecule has 0 atom stereocenters. The van der Waals surface area contributed by atoms with Crippen LogP contribution in [0.3, 0.4) is 0 Å². The van der Waals surface area contributed by atoms with Crippen molar-refractivity contribution < 1.29 is 9.53 Å². The van der Waals surface area contributed by atoms with E-state index in [2.05, 4.69) is 21.6 Å². The molecule has 21 heavy (non-hydrogen) atoms. The zero-order chi connectivity index (χ0) is 15.4. The van der Waals surface area contributed by atoms with Gasteiger partial charge in [0, 0.05) is 19.1 Å². The Morgan fingerprint density at radius 3 is 2.62 bits per heavy atom. The van der Waals surface area contributed by atoms with E-state index in [0.29, 0.717) is 24.5 Å². The highest BCUT2D eigenvalue weighted by Gasteiger charge is 2.24. The van der Waals surface area contributed by atoms with Crippen molar-refractivity contribution in [1.29, 1.82) is 5.26 Å². The number of rotatable bonds is 2. The summed E-state index contributed by atoms with van der Waals surface area (Å²) >= 11 is 0. The molecule has 112 valence electrons. The molecule has 1 aromatic rings. The van der Waals surface area contributed by atoms with Gasteiger partial charge in [0.1, 0.15) is 11.6 Å². The molecule has 1 aliphatic heterocycles. The van der Waals surface area contributed by atoms with Crippen LogP contribution < -0.4 is 5.32 Å². The number of carbonyl (C=O) groups is 1. The summed E-state index contributed by atoms with van der Waals surface area (Å²) in [5.74, 6) is 0.525. The number of anilines is 1. The Morgan fingerprint density at radius 1 is 1.38 bits per heavy atom. The maximum absolute atomic E-state index is 11.4. The summed E-state index contributed by atoms with van der Waals surface area (Å²) in [4.78, 5) is 13.1. The van der Waals surface area contributed by atoms with E-state index in [9.17, 15) is 10.1 Å². The van der Waals surface area contributed by atoms with Gasteiger partial charge >= 0.3 is 6.09 Å². The zero-order valence-corrected chi connectivity index (χ0v) is 12.5. The molecule has 0 aromatic carbocycles. The first-order chi connectivity index (χ1) is 10.1. The molecule has 0 aliphatic carbocycles. The fourth-order valence-corrected chi connectivity index (χ4v) is 2.38. The van der Waals surface area contributed by atoms with Gasteiger partial charge in [0.05, 0.1) is 12.8 Å². The molecule has 2 heterocycles. The molecule has 7 heteroatoms. The standard InChI is InChI=1S/C14H19N5O2/c1-9-10(2)17-18-13(12(9)8-15)16-11-4-6-19(7-5-11)14(20)21-3/h11H,4-7H2,1-3H3,(H,16,18). The maximum Gasteiger partial charge on any atom is 0.409 e. The zero-order valence-electron chi connectivity index (χ0n) is 12.5. The second-order valence-corrected chi connectivity index (χ2v) is 5.12. The van der Waals surface area contributed by atoms with Crippen LogP contribution in [0.15, 0.2) is 0 Å². The number of likely N-dealkylation sites (tertiary alicyclic amines) is 1. The van der Waals surface area contributed by atoms with Crippen molar-refractivity contribution in [3.8, 4) is 6.07 Å². The number of nitriles is 1. The number of carbonyl (C=O) groups excluding carboxylic acids is 1. The highest BCUT2D eigenvalue weighted by atomic mass is 16.5. The van der Waals surface area contributed by atoms with Crippen molar-refractivity contribution >= 4 is 11.9 Å². The summed E-state index contributed by atoms with van der Waals surface area (Å²) in [5.41, 5.74) is 2.15. The summed E-state index contributed by atoms with van der Waals surface area (Å²) in [7, 11) is 1.39. The molecule has 1 amide bonds. The Hall–Kier alpha value is -2.36. The summed E-state index contributed by atoms with van der Waals surface area (Å²) < 4.78 is 4.71. The molecule has 1 fully saturated rings. The monoisotopic (exact) mass is 289 g/mol. The first kappa shape index (κ1) is 15.0. The van der Waals surface area contributed by atoms with Crippen LogP contribution in [0, 0.1) is 25.2 Å². The smallest absolute Gasteiger partial charge is 0.409 e. The fraction of sp³-hybridized carbons (Fsp3) is 0.571. The highest BCUT2D eigenvalue weighted by Crippen LogP contribution is 2.21. The minimum Gasteiger partial charge on any atom is -0.453 e. The molecule has 0 unspecified atom stereocenters. The van der Waals surface area contributed by atoms with Crippen molar-refractivity contribution in [2.45, 2.75) is 32.7 Å². The Bertz CT molecular complexity index is 573. The number of aryl methyl sites for hydroxylation is 1. The number of methoxy groups -OCH3 is 1. The molecule has 0 spiro atoms. The molecule has 0 radical (unpaired) electrons. The quantitative estimate of drug-likeness (QED) is 0.889. The van der Waals surface area contributed by atoms with Crippen molar-refractivity contribution in [3.63, 3.8) is 0 Å². The summed E-state index contributed by atoms with van der Waals surface area (Å²) in [6.07, 6.45) is 1.28. The molecule has 1 aliphatic rings. The number of hydrogen-bond donors (Lipinski definition) is 1. The molecule has 0 saturated carbocycles. The van der Waals surface area contributed by atoms with Crippen LogP contribution in [0.25, 0.3) is 0 Å². The van der Waals surface area contributed by atoms with Crippen molar-refractivity contribution in [3.05, 3.63) is 16.8 Å². The minimum atomic E-state index is -0.294. The van der Waals surface area contributed by atoms with E-state index < -0.39 is 0 Å². The topological polar surface area (TPSA) is 91.1 Å². The number of piperidine rings is 1. The maximum atomic E-state index is 11.4. The third-order valence-electron chi connectivity index (χ3n) is 3.83. The Morgan fingerprint density at radius 2 is 2.05 bits per heavy atom. The second-order valence-electron chi connectivity index (χ2n) is 5.12. The number of ether oxygens (including phenoxy) is 1. The van der Waals surface area contributed by atoms with Crippen LogP contribution in [0.1, 0.15) is 29.7 Å². The van der Waals surface area contributed by atoms with Gasteiger partial charge in [-0.15, -0.1) is 5.10 Å². The molecule has 0 bridgehead atoms. The van der Waals surface area contributed by atoms with Crippen LogP contribution in [0.5, 0.6) is 0 Å². The Kier molecular flexibility index (Phi) is 4.58. The number of nitrogens with one attached hydrogen (secondary N) is 1. The predicted octanol–water partition coefficient (Wildman–Crippen LogP) is 1.61. The number of nitrogens with zero attached hydrogens (tertiary/aromatic N) is 4. The number of hydrogen-bond acceptors (Lipinski definition) is 6. The third-order valence-corrected chi connectivity index (χ3v) is 3.83. The number of amides is 1. The van der Waals surface area contributed by atoms with E-state index in [-0.39, 0.29) is 12.1 Å². The molecular weight excluding hydrogens is 270 g/mol. The Balaban J connectivity index is 2.03. The van der Waals surface area contributed by atoms with Crippen LogP contribution in [-0.2, 0) is 4.74 Å². The molecule has 7 nitrogen and oxygen atoms in total. The lowest BCUT2D eigenvalue weighted by molar-refractivity contribution is 0.113. The lowest BCUT2D eigenvalue weighted by Crippen LogP contribution is -2.42. The van der Waals surface area contributed by atoms with Crippen molar-refractivity contribution in [2.24, 2.45) is 0 Å². The van der Waals surface area contributed by atoms with Crippen LogP contribution in [0.2, 0.25) is 0 Å². The van der Waals surface area contributed by atoms with E-state index in [1.807, 2.05) is 13.8 Å². The van der Waals surface area contributed by atoms with Crippen molar-refractivity contribution in [2.75, 3.05) is 25.5 Å². The van der Waals surface area contributed by atoms with Gasteiger partial charge in [-0.05, 0) is 32.3 Å². The van der Waals surface area contributed by atoms with Crippen LogP contribution >= 0.6 is 0 Å². The average Bonchev–Trinajstić information content (AvgIpc) is 2.51. The van der Waals surface area contributed by atoms with Gasteiger partial charge in [0.15, 0.2) is 5.82 Å². The molecule has 1 aromatic heterocycles. The van der Waals surface area contributed by atoms with E-state index in [0.717, 1.165) is 24.1 Å². The fourth-order valence-electron chi connectivity index (χ4n) is 2.38. The van der Waals surface area contributed by atoms with E-state index in [4.69, 9.17) is 4.74 Å². The lowest BCUT2D eigenvalue weighted by atomic mass is 10.0. The largest absolute Gasteiger partial charge is 0.453 e. The highest BCUT2D eigenvalue weighted by molar-refractivity contribution is 5.67. The lowest BCUT2D eigenvalue weighted by Gasteiger charge is -2.31. The summed E-state index contributed by atoms with van der Waals surface area (Å²) in [6, 6.07) is 2.36. The van der Waals surface area contributed by atoms with E-state index >= 15 is 0 Å². The van der Waals surface area contributed by atoms with E-state index in [1.165, 1.54) is 7.11 Å². The van der Waals surface area contributed by atoms with Gasteiger partial charge in [-0.1, -0.05) is 0 Å². The summed E-state index contributed by atoms with van der Waals surface area (Å²) in [6.45, 7) is 4.96. The summed E-state index contributed by atoms with van der Waals surface area (Å²) in [5, 5.41) is 20.7. The van der Waals surface area contributed by atoms with Crippen molar-refractivity contribution in [1.82, 2.24) is 15.1 Å². The number of aromatic nitrogens is 2. The van der Waals surface area contributed by atoms with Gasteiger partial charge in [0.25, 0.3) is 0 Å². The van der Waals surface area contributed by atoms with Crippen LogP contribution in [0.4, 0.5) is 10.6 Å². The first-order valence-electron chi connectivity index (χ1n) is 6.90. The predicted molar refractivity (Wildman–Crippen MR) is 76.8 cm³/mol. The molecule has 1 saturated heterocycles. The second kappa shape index (κ2) is 6.39. The molecule has 1 N–H and O–H groups in total. The minimum absolute atomic E-state index is 0.175. The first-order valence-corrected chi connectivity index (χ1v) is 6.90. The van der Waals surface area contributed by atoms with Gasteiger partial charge < -0.3 is 15.0 Å². The van der Waals surface area contributed by atoms with E-state index in [1.54, 1.807) is 4.90 Å². The van der Waals surface area contributed by atoms with Gasteiger partial charge in [-0.2, -0.15) is 10.4 Å². The third kappa shape index (κ3) is 3.21. The molecular formula is C14H19N5O2. The van der Waals surface area contributed by atoms with Crippen LogP contribution in [-0.4, -0.2) is 47.4 Å². The van der Waals surface area contributed by atoms with Gasteiger partial charge in [0.2, 0.25) is 0 Å². The van der Waals surface area contributed by atoms with Gasteiger partial charge in [-0.3, -0.25) is 0 Å². The normalized spacial score (nSPS) is 15.4. The van der Waals surface area contributed by atoms with Gasteiger partial charge in [-0.25, -0.2) is 4.79 Å².